The number of nitrogens with one attached hydrogen (secondary N) is 1. The molecule has 1 aromatic rings. The van der Waals surface area contributed by atoms with Gasteiger partial charge in [0.05, 0.1) is 0 Å². The molecule has 1 nitrogen and oxygen atoms in total. The first-order valence-electron chi connectivity index (χ1n) is 7.05. The summed E-state index contributed by atoms with van der Waals surface area (Å²) in [7, 11) is 2.07. The van der Waals surface area contributed by atoms with Crippen LogP contribution in [0.1, 0.15) is 44.6 Å². The van der Waals surface area contributed by atoms with Gasteiger partial charge in [0.1, 0.15) is 0 Å². The second-order valence-electron chi connectivity index (χ2n) is 5.84. The molecule has 0 spiro atoms. The van der Waals surface area contributed by atoms with Crippen LogP contribution in [0.15, 0.2) is 29.2 Å². The molecule has 2 rings (SSSR count). The Morgan fingerprint density at radius 2 is 2.17 bits per heavy atom. The van der Waals surface area contributed by atoms with E-state index in [2.05, 4.69) is 50.5 Å². The average Bonchev–Trinajstić information content (AvgIpc) is 2.73. The summed E-state index contributed by atoms with van der Waals surface area (Å²) in [5.41, 5.74) is 2.02. The van der Waals surface area contributed by atoms with Crippen molar-refractivity contribution < 1.29 is 0 Å². The Kier molecular flexibility index (Phi) is 4.74. The van der Waals surface area contributed by atoms with Crippen LogP contribution < -0.4 is 5.32 Å². The molecule has 0 radical (unpaired) electrons. The summed E-state index contributed by atoms with van der Waals surface area (Å²) in [6.07, 6.45) is 3.91. The Morgan fingerprint density at radius 1 is 1.39 bits per heavy atom. The van der Waals surface area contributed by atoms with Crippen LogP contribution in [-0.4, -0.2) is 19.3 Å². The van der Waals surface area contributed by atoms with Gasteiger partial charge in [-0.25, -0.2) is 0 Å². The van der Waals surface area contributed by atoms with Gasteiger partial charge in [0.15, 0.2) is 0 Å². The summed E-state index contributed by atoms with van der Waals surface area (Å²) in [6, 6.07) is 8.95. The van der Waals surface area contributed by atoms with Gasteiger partial charge in [0, 0.05) is 17.2 Å². The van der Waals surface area contributed by atoms with Gasteiger partial charge < -0.3 is 5.32 Å². The Labute approximate surface area is 116 Å². The molecule has 0 amide bonds. The minimum atomic E-state index is 0.437. The van der Waals surface area contributed by atoms with Crippen molar-refractivity contribution in [3.05, 3.63) is 29.8 Å². The van der Waals surface area contributed by atoms with Crippen LogP contribution in [0.4, 0.5) is 0 Å². The first-order chi connectivity index (χ1) is 8.68. The van der Waals surface area contributed by atoms with Crippen LogP contribution in [-0.2, 0) is 0 Å². The second-order valence-corrected chi connectivity index (χ2v) is 6.90. The summed E-state index contributed by atoms with van der Waals surface area (Å²) in [4.78, 5) is 1.51. The van der Waals surface area contributed by atoms with Crippen LogP contribution in [0, 0.1) is 5.41 Å². The highest BCUT2D eigenvalue weighted by Gasteiger charge is 2.31. The molecule has 1 aliphatic rings. The molecule has 2 heteroatoms. The molecule has 0 aliphatic carbocycles. The van der Waals surface area contributed by atoms with Gasteiger partial charge in [-0.1, -0.05) is 38.5 Å². The van der Waals surface area contributed by atoms with Crippen molar-refractivity contribution in [3.8, 4) is 0 Å². The van der Waals surface area contributed by atoms with Crippen LogP contribution in [0.3, 0.4) is 0 Å². The molecule has 0 fully saturated rings. The summed E-state index contributed by atoms with van der Waals surface area (Å²) in [5, 5.41) is 3.38. The number of hydrogen-bond acceptors (Lipinski definition) is 2. The first kappa shape index (κ1) is 14.0. The minimum absolute atomic E-state index is 0.437. The number of fused-ring (bicyclic) bond motifs is 1. The highest BCUT2D eigenvalue weighted by atomic mass is 32.2. The van der Waals surface area contributed by atoms with Crippen molar-refractivity contribution in [2.75, 3.05) is 19.3 Å². The monoisotopic (exact) mass is 263 g/mol. The molecule has 0 saturated carbocycles. The molecule has 0 bridgehead atoms. The molecular weight excluding hydrogens is 238 g/mol. The van der Waals surface area contributed by atoms with Crippen molar-refractivity contribution >= 4 is 11.8 Å². The van der Waals surface area contributed by atoms with E-state index in [1.807, 2.05) is 11.8 Å². The fourth-order valence-corrected chi connectivity index (χ4v) is 4.54. The van der Waals surface area contributed by atoms with Gasteiger partial charge in [0.2, 0.25) is 0 Å². The highest BCUT2D eigenvalue weighted by Crippen LogP contribution is 2.45. The third-order valence-corrected chi connectivity index (χ3v) is 5.25. The van der Waals surface area contributed by atoms with Gasteiger partial charge in [-0.3, -0.25) is 0 Å². The molecule has 1 N–H and O–H groups in total. The van der Waals surface area contributed by atoms with E-state index in [0.29, 0.717) is 5.41 Å². The fourth-order valence-electron chi connectivity index (χ4n) is 3.29. The Balaban J connectivity index is 2.09. The van der Waals surface area contributed by atoms with Gasteiger partial charge in [-0.05, 0) is 42.9 Å². The molecule has 1 aliphatic heterocycles. The zero-order valence-electron chi connectivity index (χ0n) is 11.8. The molecule has 1 heterocycles. The minimum Gasteiger partial charge on any atom is -0.319 e. The van der Waals surface area contributed by atoms with Crippen molar-refractivity contribution in [2.24, 2.45) is 5.41 Å². The second kappa shape index (κ2) is 6.12. The third kappa shape index (κ3) is 3.10. The topological polar surface area (TPSA) is 12.0 Å². The lowest BCUT2D eigenvalue weighted by Crippen LogP contribution is -2.31. The van der Waals surface area contributed by atoms with Crippen LogP contribution in [0.2, 0.25) is 0 Å². The van der Waals surface area contributed by atoms with E-state index >= 15 is 0 Å². The van der Waals surface area contributed by atoms with E-state index in [4.69, 9.17) is 0 Å². The van der Waals surface area contributed by atoms with E-state index in [1.165, 1.54) is 29.9 Å². The normalized spacial score (nSPS) is 21.6. The maximum absolute atomic E-state index is 3.38. The number of hydrogen-bond donors (Lipinski definition) is 1. The smallest absolute Gasteiger partial charge is 0.0107 e. The summed E-state index contributed by atoms with van der Waals surface area (Å²) < 4.78 is 0. The van der Waals surface area contributed by atoms with E-state index < -0.39 is 0 Å². The van der Waals surface area contributed by atoms with E-state index in [9.17, 15) is 0 Å². The number of thioether (sulfide) groups is 1. The fraction of sp³-hybridized carbons (Fsp3) is 0.625. The summed E-state index contributed by atoms with van der Waals surface area (Å²) >= 11 is 2.03. The maximum atomic E-state index is 3.38. The van der Waals surface area contributed by atoms with Crippen molar-refractivity contribution in [1.82, 2.24) is 5.32 Å². The van der Waals surface area contributed by atoms with E-state index in [1.54, 1.807) is 5.56 Å². The predicted octanol–water partition coefficient (Wildman–Crippen LogP) is 4.29. The van der Waals surface area contributed by atoms with Crippen molar-refractivity contribution in [3.63, 3.8) is 0 Å². The molecule has 2 atom stereocenters. The van der Waals surface area contributed by atoms with E-state index in [-0.39, 0.29) is 0 Å². The van der Waals surface area contributed by atoms with Gasteiger partial charge in [-0.2, -0.15) is 0 Å². The largest absolute Gasteiger partial charge is 0.319 e. The lowest BCUT2D eigenvalue weighted by Gasteiger charge is -2.32. The summed E-state index contributed by atoms with van der Waals surface area (Å²) in [6.45, 7) is 5.87. The standard InChI is InChI=1S/C16H25NS/c1-4-9-16(2,12-17-3)10-13-11-18-15-8-6-5-7-14(13)15/h5-8,13,17H,4,9-12H2,1-3H3. The number of benzene rings is 1. The van der Waals surface area contributed by atoms with Gasteiger partial charge in [-0.15, -0.1) is 11.8 Å². The molecule has 0 saturated heterocycles. The quantitative estimate of drug-likeness (QED) is 0.821. The average molecular weight is 263 g/mol. The van der Waals surface area contributed by atoms with Crippen molar-refractivity contribution in [1.29, 1.82) is 0 Å². The van der Waals surface area contributed by atoms with Crippen LogP contribution in [0.5, 0.6) is 0 Å². The molecule has 100 valence electrons. The van der Waals surface area contributed by atoms with Crippen LogP contribution >= 0.6 is 11.8 Å². The molecule has 18 heavy (non-hydrogen) atoms. The van der Waals surface area contributed by atoms with Gasteiger partial charge >= 0.3 is 0 Å². The predicted molar refractivity (Wildman–Crippen MR) is 81.5 cm³/mol. The molecular formula is C16H25NS. The van der Waals surface area contributed by atoms with E-state index in [0.717, 1.165) is 12.5 Å². The first-order valence-corrected chi connectivity index (χ1v) is 8.03. The lowest BCUT2D eigenvalue weighted by molar-refractivity contribution is 0.247. The third-order valence-electron chi connectivity index (χ3n) is 4.00. The lowest BCUT2D eigenvalue weighted by atomic mass is 9.76. The van der Waals surface area contributed by atoms with Gasteiger partial charge in [0.25, 0.3) is 0 Å². The summed E-state index contributed by atoms with van der Waals surface area (Å²) in [5.74, 6) is 2.01. The van der Waals surface area contributed by atoms with Crippen molar-refractivity contribution in [2.45, 2.75) is 43.9 Å². The zero-order valence-corrected chi connectivity index (χ0v) is 12.6. The Bertz CT molecular complexity index is 382. The Hall–Kier alpha value is -0.470. The zero-order chi connectivity index (χ0) is 13.0. The molecule has 2 unspecified atom stereocenters. The molecule has 1 aromatic carbocycles. The maximum Gasteiger partial charge on any atom is 0.0107 e. The molecule has 0 aromatic heterocycles. The highest BCUT2D eigenvalue weighted by molar-refractivity contribution is 7.99. The Morgan fingerprint density at radius 3 is 2.89 bits per heavy atom. The van der Waals surface area contributed by atoms with Crippen LogP contribution in [0.25, 0.3) is 0 Å². The number of rotatable bonds is 6. The SMILES string of the molecule is CCCC(C)(CNC)CC1CSc2ccccc21.